The van der Waals surface area contributed by atoms with Crippen molar-refractivity contribution in [1.29, 1.82) is 0 Å². The highest BCUT2D eigenvalue weighted by Gasteiger charge is 2.24. The highest BCUT2D eigenvalue weighted by molar-refractivity contribution is 5.44. The van der Waals surface area contributed by atoms with Crippen LogP contribution in [0.15, 0.2) is 18.2 Å². The maximum atomic E-state index is 6.09. The van der Waals surface area contributed by atoms with Crippen LogP contribution in [0.1, 0.15) is 31.9 Å². The Morgan fingerprint density at radius 3 is 2.43 bits per heavy atom. The van der Waals surface area contributed by atoms with E-state index in [9.17, 15) is 0 Å². The Morgan fingerprint density at radius 1 is 1.13 bits per heavy atom. The monoisotopic (exact) mass is 321 g/mol. The van der Waals surface area contributed by atoms with Crippen LogP contribution in [0, 0.1) is 0 Å². The van der Waals surface area contributed by atoms with Crippen LogP contribution >= 0.6 is 0 Å². The molecule has 0 bridgehead atoms. The van der Waals surface area contributed by atoms with Gasteiger partial charge < -0.3 is 20.1 Å². The van der Waals surface area contributed by atoms with E-state index in [4.69, 9.17) is 15.2 Å². The van der Waals surface area contributed by atoms with E-state index in [0.29, 0.717) is 13.2 Å². The van der Waals surface area contributed by atoms with Crippen molar-refractivity contribution < 1.29 is 9.47 Å². The highest BCUT2D eigenvalue weighted by atomic mass is 16.5. The second kappa shape index (κ2) is 9.11. The van der Waals surface area contributed by atoms with E-state index in [1.165, 1.54) is 18.5 Å². The van der Waals surface area contributed by atoms with Crippen LogP contribution in [0.4, 0.5) is 0 Å². The number of nitrogens with two attached hydrogens (primary N) is 1. The third-order valence-corrected chi connectivity index (χ3v) is 4.48. The number of hydrogen-bond donors (Lipinski definition) is 1. The Kier molecular flexibility index (Phi) is 7.15. The molecule has 1 aliphatic rings. The molecule has 1 saturated heterocycles. The molecule has 1 unspecified atom stereocenters. The van der Waals surface area contributed by atoms with E-state index in [-0.39, 0.29) is 6.04 Å². The summed E-state index contributed by atoms with van der Waals surface area (Å²) < 4.78 is 11.1. The summed E-state index contributed by atoms with van der Waals surface area (Å²) in [6, 6.07) is 6.42. The van der Waals surface area contributed by atoms with Crippen molar-refractivity contribution in [3.63, 3.8) is 0 Å². The van der Waals surface area contributed by atoms with Gasteiger partial charge >= 0.3 is 0 Å². The molecule has 1 atom stereocenters. The minimum Gasteiger partial charge on any atom is -0.493 e. The summed E-state index contributed by atoms with van der Waals surface area (Å²) >= 11 is 0. The smallest absolute Gasteiger partial charge is 0.161 e. The molecular weight excluding hydrogens is 290 g/mol. The zero-order chi connectivity index (χ0) is 16.7. The first-order chi connectivity index (χ1) is 11.2. The van der Waals surface area contributed by atoms with E-state index >= 15 is 0 Å². The lowest BCUT2D eigenvalue weighted by atomic mass is 10.0. The number of hydrogen-bond acceptors (Lipinski definition) is 5. The van der Waals surface area contributed by atoms with Crippen LogP contribution in [-0.2, 0) is 0 Å². The topological polar surface area (TPSA) is 51.0 Å². The molecule has 5 nitrogen and oxygen atoms in total. The highest BCUT2D eigenvalue weighted by Crippen LogP contribution is 2.32. The van der Waals surface area contributed by atoms with Gasteiger partial charge in [-0.3, -0.25) is 4.90 Å². The molecule has 1 fully saturated rings. The van der Waals surface area contributed by atoms with E-state index in [0.717, 1.165) is 37.7 Å². The Balaban J connectivity index is 2.09. The van der Waals surface area contributed by atoms with Gasteiger partial charge in [-0.05, 0) is 37.6 Å². The standard InChI is InChI=1S/C18H31N3O2/c1-4-8-20-9-11-21(12-10-20)16(14-19)15-6-7-17(23-5-2)18(13-15)22-3/h6-7,13,16H,4-5,8-12,14,19H2,1-3H3. The summed E-state index contributed by atoms with van der Waals surface area (Å²) in [5.74, 6) is 1.58. The van der Waals surface area contributed by atoms with Gasteiger partial charge in [0.15, 0.2) is 11.5 Å². The van der Waals surface area contributed by atoms with Gasteiger partial charge in [0.2, 0.25) is 0 Å². The average Bonchev–Trinajstić information content (AvgIpc) is 2.58. The van der Waals surface area contributed by atoms with Crippen LogP contribution in [0.3, 0.4) is 0 Å². The maximum absolute atomic E-state index is 6.09. The van der Waals surface area contributed by atoms with Crippen molar-refractivity contribution in [3.8, 4) is 11.5 Å². The number of benzene rings is 1. The molecule has 0 radical (unpaired) electrons. The molecule has 23 heavy (non-hydrogen) atoms. The number of methoxy groups -OCH3 is 1. The summed E-state index contributed by atoms with van der Waals surface area (Å²) in [5, 5.41) is 0. The molecule has 130 valence electrons. The van der Waals surface area contributed by atoms with E-state index in [2.05, 4.69) is 28.9 Å². The fraction of sp³-hybridized carbons (Fsp3) is 0.667. The van der Waals surface area contributed by atoms with E-state index in [1.807, 2.05) is 13.0 Å². The molecule has 0 spiro atoms. The Hall–Kier alpha value is -1.30. The third kappa shape index (κ3) is 4.59. The second-order valence-corrected chi connectivity index (χ2v) is 5.97. The lowest BCUT2D eigenvalue weighted by Gasteiger charge is -2.39. The van der Waals surface area contributed by atoms with E-state index < -0.39 is 0 Å². The quantitative estimate of drug-likeness (QED) is 0.795. The minimum atomic E-state index is 0.239. The first-order valence-electron chi connectivity index (χ1n) is 8.70. The van der Waals surface area contributed by atoms with E-state index in [1.54, 1.807) is 7.11 Å². The van der Waals surface area contributed by atoms with Gasteiger partial charge in [-0.15, -0.1) is 0 Å². The van der Waals surface area contributed by atoms with Crippen LogP contribution in [0.25, 0.3) is 0 Å². The molecule has 2 rings (SSSR count). The largest absolute Gasteiger partial charge is 0.493 e. The fourth-order valence-electron chi connectivity index (χ4n) is 3.28. The van der Waals surface area contributed by atoms with Gasteiger partial charge in [-0.2, -0.15) is 0 Å². The van der Waals surface area contributed by atoms with Crippen molar-refractivity contribution in [2.45, 2.75) is 26.3 Å². The molecule has 0 aromatic heterocycles. The molecule has 2 N–H and O–H groups in total. The van der Waals surface area contributed by atoms with Crippen molar-refractivity contribution in [3.05, 3.63) is 23.8 Å². The van der Waals surface area contributed by atoms with Crippen molar-refractivity contribution >= 4 is 0 Å². The number of rotatable bonds is 8. The summed E-state index contributed by atoms with van der Waals surface area (Å²) in [7, 11) is 1.68. The maximum Gasteiger partial charge on any atom is 0.161 e. The molecule has 1 aromatic carbocycles. The molecule has 5 heteroatoms. The second-order valence-electron chi connectivity index (χ2n) is 5.97. The van der Waals surface area contributed by atoms with Gasteiger partial charge in [0.25, 0.3) is 0 Å². The lowest BCUT2D eigenvalue weighted by Crippen LogP contribution is -2.49. The predicted molar refractivity (Wildman–Crippen MR) is 94.3 cm³/mol. The Labute approximate surface area is 140 Å². The molecular formula is C18H31N3O2. The van der Waals surface area contributed by atoms with Gasteiger partial charge in [0, 0.05) is 38.8 Å². The number of nitrogens with zero attached hydrogens (tertiary/aromatic N) is 2. The van der Waals surface area contributed by atoms with Crippen molar-refractivity contribution in [2.24, 2.45) is 5.73 Å². The summed E-state index contributed by atoms with van der Waals surface area (Å²) in [6.45, 7) is 11.0. The van der Waals surface area contributed by atoms with Crippen LogP contribution < -0.4 is 15.2 Å². The Bertz CT molecular complexity index is 473. The molecule has 1 aromatic rings. The zero-order valence-electron chi connectivity index (χ0n) is 14.8. The zero-order valence-corrected chi connectivity index (χ0v) is 14.8. The summed E-state index contributed by atoms with van der Waals surface area (Å²) in [6.07, 6.45) is 1.22. The molecule has 1 aliphatic heterocycles. The van der Waals surface area contributed by atoms with Gasteiger partial charge in [-0.1, -0.05) is 13.0 Å². The first-order valence-corrected chi connectivity index (χ1v) is 8.70. The fourth-order valence-corrected chi connectivity index (χ4v) is 3.28. The van der Waals surface area contributed by atoms with Crippen molar-refractivity contribution in [1.82, 2.24) is 9.80 Å². The number of piperazine rings is 1. The van der Waals surface area contributed by atoms with Gasteiger partial charge in [-0.25, -0.2) is 0 Å². The number of ether oxygens (including phenoxy) is 2. The molecule has 0 saturated carbocycles. The third-order valence-electron chi connectivity index (χ3n) is 4.48. The van der Waals surface area contributed by atoms with Gasteiger partial charge in [0.1, 0.15) is 0 Å². The Morgan fingerprint density at radius 2 is 1.87 bits per heavy atom. The predicted octanol–water partition coefficient (Wildman–Crippen LogP) is 2.12. The molecule has 1 heterocycles. The SMILES string of the molecule is CCCN1CCN(C(CN)c2ccc(OCC)c(OC)c2)CC1. The normalized spacial score (nSPS) is 17.9. The molecule has 0 amide bonds. The summed E-state index contributed by atoms with van der Waals surface area (Å²) in [4.78, 5) is 5.02. The van der Waals surface area contributed by atoms with Crippen LogP contribution in [0.5, 0.6) is 11.5 Å². The lowest BCUT2D eigenvalue weighted by molar-refractivity contribution is 0.0984. The molecule has 0 aliphatic carbocycles. The minimum absolute atomic E-state index is 0.239. The van der Waals surface area contributed by atoms with Crippen LogP contribution in [0.2, 0.25) is 0 Å². The first kappa shape index (κ1) is 18.0. The van der Waals surface area contributed by atoms with Crippen LogP contribution in [-0.4, -0.2) is 62.8 Å². The van der Waals surface area contributed by atoms with Crippen molar-refractivity contribution in [2.75, 3.05) is 53.0 Å². The summed E-state index contributed by atoms with van der Waals surface area (Å²) in [5.41, 5.74) is 7.30. The average molecular weight is 321 g/mol. The van der Waals surface area contributed by atoms with Gasteiger partial charge in [0.05, 0.1) is 13.7 Å².